The van der Waals surface area contributed by atoms with Gasteiger partial charge in [0.1, 0.15) is 5.56 Å². The van der Waals surface area contributed by atoms with E-state index >= 15 is 0 Å². The number of carbonyl (C=O) groups is 1. The van der Waals surface area contributed by atoms with Crippen molar-refractivity contribution in [3.63, 3.8) is 0 Å². The van der Waals surface area contributed by atoms with Gasteiger partial charge in [-0.15, -0.1) is 0 Å². The number of aliphatic hydroxyl groups is 1. The zero-order chi connectivity index (χ0) is 13.9. The molecule has 1 aromatic heterocycles. The van der Waals surface area contributed by atoms with Gasteiger partial charge in [0.05, 0.1) is 5.60 Å². The van der Waals surface area contributed by atoms with E-state index in [9.17, 15) is 14.7 Å². The predicted octanol–water partition coefficient (Wildman–Crippen LogP) is -0.0116. The topological polar surface area (TPSA) is 82.6 Å². The normalized spacial score (nSPS) is 18.0. The molecule has 19 heavy (non-hydrogen) atoms. The van der Waals surface area contributed by atoms with Crippen molar-refractivity contribution >= 4 is 5.91 Å². The first-order valence-electron chi connectivity index (χ1n) is 6.24. The molecule has 1 fully saturated rings. The van der Waals surface area contributed by atoms with E-state index in [1.807, 2.05) is 0 Å². The molecule has 0 spiro atoms. The monoisotopic (exact) mass is 266 g/mol. The van der Waals surface area contributed by atoms with Crippen LogP contribution in [0.1, 0.15) is 23.2 Å². The molecule has 1 saturated heterocycles. The lowest BCUT2D eigenvalue weighted by Gasteiger charge is -2.35. The summed E-state index contributed by atoms with van der Waals surface area (Å²) in [5, 5.41) is 10.3. The molecule has 1 aliphatic heterocycles. The smallest absolute Gasteiger partial charge is 0.259 e. The maximum atomic E-state index is 12.1. The average molecular weight is 266 g/mol. The Kier molecular flexibility index (Phi) is 4.01. The fourth-order valence-electron chi connectivity index (χ4n) is 2.21. The van der Waals surface area contributed by atoms with Gasteiger partial charge in [0, 0.05) is 58.1 Å². The van der Waals surface area contributed by atoms with Gasteiger partial charge < -0.3 is 19.7 Å². The van der Waals surface area contributed by atoms with Crippen molar-refractivity contribution in [2.45, 2.75) is 18.4 Å². The second-order valence-electron chi connectivity index (χ2n) is 4.92. The number of pyridine rings is 1. The SMILES string of the molecule is CN(CC1(O)CCOCC1)C(=O)c1c[nH]ccc1=O. The summed E-state index contributed by atoms with van der Waals surface area (Å²) in [5.41, 5.74) is -1.17. The van der Waals surface area contributed by atoms with Crippen LogP contribution in [0.15, 0.2) is 23.3 Å². The molecule has 0 saturated carbocycles. The van der Waals surface area contributed by atoms with E-state index in [4.69, 9.17) is 4.74 Å². The lowest BCUT2D eigenvalue weighted by atomic mass is 9.94. The maximum Gasteiger partial charge on any atom is 0.259 e. The minimum atomic E-state index is -0.926. The third-order valence-corrected chi connectivity index (χ3v) is 3.36. The molecule has 2 rings (SSSR count). The number of aromatic amines is 1. The van der Waals surface area contributed by atoms with Crippen molar-refractivity contribution in [3.8, 4) is 0 Å². The fourth-order valence-corrected chi connectivity index (χ4v) is 2.21. The van der Waals surface area contributed by atoms with Gasteiger partial charge in [0.15, 0.2) is 5.43 Å². The molecule has 1 aliphatic rings. The van der Waals surface area contributed by atoms with Gasteiger partial charge in [-0.2, -0.15) is 0 Å². The van der Waals surface area contributed by atoms with Crippen LogP contribution >= 0.6 is 0 Å². The van der Waals surface area contributed by atoms with E-state index in [-0.39, 0.29) is 23.4 Å². The van der Waals surface area contributed by atoms with Crippen LogP contribution in [0.5, 0.6) is 0 Å². The highest BCUT2D eigenvalue weighted by Gasteiger charge is 2.32. The first-order chi connectivity index (χ1) is 9.02. The van der Waals surface area contributed by atoms with Gasteiger partial charge in [-0.3, -0.25) is 9.59 Å². The maximum absolute atomic E-state index is 12.1. The van der Waals surface area contributed by atoms with Crippen molar-refractivity contribution in [1.82, 2.24) is 9.88 Å². The molecule has 104 valence electrons. The number of likely N-dealkylation sites (N-methyl/N-ethyl adjacent to an activating group) is 1. The van der Waals surface area contributed by atoms with Crippen LogP contribution in [0.3, 0.4) is 0 Å². The van der Waals surface area contributed by atoms with Crippen LogP contribution in [-0.2, 0) is 4.74 Å². The summed E-state index contributed by atoms with van der Waals surface area (Å²) in [5.74, 6) is -0.387. The van der Waals surface area contributed by atoms with Crippen LogP contribution in [0.25, 0.3) is 0 Å². The predicted molar refractivity (Wildman–Crippen MR) is 69.0 cm³/mol. The van der Waals surface area contributed by atoms with Gasteiger partial charge >= 0.3 is 0 Å². The van der Waals surface area contributed by atoms with Gasteiger partial charge in [0.25, 0.3) is 5.91 Å². The van der Waals surface area contributed by atoms with Crippen molar-refractivity contribution in [2.75, 3.05) is 26.8 Å². The van der Waals surface area contributed by atoms with Crippen LogP contribution in [0.4, 0.5) is 0 Å². The zero-order valence-electron chi connectivity index (χ0n) is 10.9. The van der Waals surface area contributed by atoms with Crippen molar-refractivity contribution in [3.05, 3.63) is 34.2 Å². The Labute approximate surface area is 111 Å². The van der Waals surface area contributed by atoms with Gasteiger partial charge in [0.2, 0.25) is 0 Å². The number of H-pyrrole nitrogens is 1. The minimum Gasteiger partial charge on any atom is -0.388 e. The number of carbonyl (C=O) groups excluding carboxylic acids is 1. The van der Waals surface area contributed by atoms with Crippen molar-refractivity contribution in [1.29, 1.82) is 0 Å². The van der Waals surface area contributed by atoms with E-state index in [1.165, 1.54) is 23.4 Å². The highest BCUT2D eigenvalue weighted by Crippen LogP contribution is 2.21. The summed E-state index contributed by atoms with van der Waals surface area (Å²) < 4.78 is 5.19. The molecule has 0 atom stereocenters. The van der Waals surface area contributed by atoms with Gasteiger partial charge in [-0.05, 0) is 0 Å². The van der Waals surface area contributed by atoms with Crippen LogP contribution in [0, 0.1) is 0 Å². The Bertz CT molecular complexity index is 505. The van der Waals surface area contributed by atoms with E-state index in [0.29, 0.717) is 26.1 Å². The summed E-state index contributed by atoms with van der Waals surface area (Å²) in [6, 6.07) is 1.31. The summed E-state index contributed by atoms with van der Waals surface area (Å²) in [6.07, 6.45) is 3.85. The second-order valence-corrected chi connectivity index (χ2v) is 4.92. The Balaban J connectivity index is 2.07. The molecule has 1 amide bonds. The summed E-state index contributed by atoms with van der Waals surface area (Å²) >= 11 is 0. The summed E-state index contributed by atoms with van der Waals surface area (Å²) in [7, 11) is 1.59. The van der Waals surface area contributed by atoms with Gasteiger partial charge in [-0.1, -0.05) is 0 Å². The van der Waals surface area contributed by atoms with Crippen LogP contribution in [0.2, 0.25) is 0 Å². The number of amides is 1. The highest BCUT2D eigenvalue weighted by molar-refractivity contribution is 5.93. The second kappa shape index (κ2) is 5.54. The highest BCUT2D eigenvalue weighted by atomic mass is 16.5. The quantitative estimate of drug-likeness (QED) is 0.806. The molecule has 6 heteroatoms. The first-order valence-corrected chi connectivity index (χ1v) is 6.24. The molecular weight excluding hydrogens is 248 g/mol. The molecule has 0 bridgehead atoms. The first kappa shape index (κ1) is 13.8. The lowest BCUT2D eigenvalue weighted by molar-refractivity contribution is -0.0734. The lowest BCUT2D eigenvalue weighted by Crippen LogP contribution is -2.47. The molecule has 0 aliphatic carbocycles. The van der Waals surface area contributed by atoms with E-state index < -0.39 is 5.60 Å². The molecule has 0 aromatic carbocycles. The van der Waals surface area contributed by atoms with Crippen LogP contribution in [-0.4, -0.2) is 53.3 Å². The number of hydrogen-bond donors (Lipinski definition) is 2. The number of rotatable bonds is 3. The third kappa shape index (κ3) is 3.21. The molecule has 0 unspecified atom stereocenters. The Hall–Kier alpha value is -1.66. The van der Waals surface area contributed by atoms with Crippen LogP contribution < -0.4 is 5.43 Å². The van der Waals surface area contributed by atoms with E-state index in [1.54, 1.807) is 7.05 Å². The summed E-state index contributed by atoms with van der Waals surface area (Å²) in [6.45, 7) is 1.18. The van der Waals surface area contributed by atoms with Crippen molar-refractivity contribution in [2.24, 2.45) is 0 Å². The standard InChI is InChI=1S/C13H18N2O4/c1-15(9-13(18)3-6-19-7-4-13)12(17)10-8-14-5-2-11(10)16/h2,5,8,18H,3-4,6-7,9H2,1H3,(H,14,16). The molecule has 0 radical (unpaired) electrons. The molecular formula is C13H18N2O4. The number of nitrogens with one attached hydrogen (secondary N) is 1. The number of aromatic nitrogens is 1. The Morgan fingerprint density at radius 1 is 1.53 bits per heavy atom. The summed E-state index contributed by atoms with van der Waals surface area (Å²) in [4.78, 5) is 27.8. The minimum absolute atomic E-state index is 0.0839. The Morgan fingerprint density at radius 3 is 2.84 bits per heavy atom. The largest absolute Gasteiger partial charge is 0.388 e. The Morgan fingerprint density at radius 2 is 2.21 bits per heavy atom. The van der Waals surface area contributed by atoms with E-state index in [2.05, 4.69) is 4.98 Å². The molecule has 1 aromatic rings. The number of ether oxygens (including phenoxy) is 1. The fraction of sp³-hybridized carbons (Fsp3) is 0.538. The van der Waals surface area contributed by atoms with Crippen molar-refractivity contribution < 1.29 is 14.6 Å². The van der Waals surface area contributed by atoms with E-state index in [0.717, 1.165) is 0 Å². The molecule has 2 heterocycles. The zero-order valence-corrected chi connectivity index (χ0v) is 10.9. The number of hydrogen-bond acceptors (Lipinski definition) is 4. The molecule has 2 N–H and O–H groups in total. The molecule has 6 nitrogen and oxygen atoms in total. The average Bonchev–Trinajstić information content (AvgIpc) is 2.39. The number of nitrogens with zero attached hydrogens (tertiary/aromatic N) is 1. The van der Waals surface area contributed by atoms with Gasteiger partial charge in [-0.25, -0.2) is 0 Å². The third-order valence-electron chi connectivity index (χ3n) is 3.36.